The first-order chi connectivity index (χ1) is 9.99. The maximum atomic E-state index is 12.7. The number of fused-ring (bicyclic) bond motifs is 1. The summed E-state index contributed by atoms with van der Waals surface area (Å²) in [7, 11) is 0. The molecule has 3 aromatic rings. The molecule has 0 saturated carbocycles. The van der Waals surface area contributed by atoms with Crippen molar-refractivity contribution in [3.05, 3.63) is 47.8 Å². The molecule has 0 saturated heterocycles. The molecule has 8 heteroatoms. The van der Waals surface area contributed by atoms with Crippen molar-refractivity contribution in [1.29, 1.82) is 5.26 Å². The zero-order valence-corrected chi connectivity index (χ0v) is 10.3. The molecule has 0 fully saturated rings. The number of hydrogen-bond donors (Lipinski definition) is 0. The number of alkyl halides is 3. The number of benzene rings is 1. The third kappa shape index (κ3) is 2.29. The van der Waals surface area contributed by atoms with Gasteiger partial charge in [0, 0.05) is 5.56 Å². The first-order valence-electron chi connectivity index (χ1n) is 5.79. The Balaban J connectivity index is 2.14. The van der Waals surface area contributed by atoms with E-state index in [9.17, 15) is 13.2 Å². The Morgan fingerprint density at radius 3 is 2.62 bits per heavy atom. The summed E-state index contributed by atoms with van der Waals surface area (Å²) < 4.78 is 39.3. The number of halogens is 3. The van der Waals surface area contributed by atoms with E-state index in [2.05, 4.69) is 15.3 Å². The Bertz CT molecular complexity index is 860. The van der Waals surface area contributed by atoms with Crippen LogP contribution in [0.1, 0.15) is 11.4 Å². The van der Waals surface area contributed by atoms with Crippen LogP contribution >= 0.6 is 0 Å². The second kappa shape index (κ2) is 4.56. The minimum Gasteiger partial charge on any atom is -0.189 e. The predicted molar refractivity (Wildman–Crippen MR) is 65.9 cm³/mol. The van der Waals surface area contributed by atoms with E-state index in [4.69, 9.17) is 5.26 Å². The lowest BCUT2D eigenvalue weighted by Crippen LogP contribution is -2.05. The van der Waals surface area contributed by atoms with Crippen LogP contribution in [0.5, 0.6) is 0 Å². The molecule has 104 valence electrons. The van der Waals surface area contributed by atoms with Gasteiger partial charge >= 0.3 is 6.18 Å². The van der Waals surface area contributed by atoms with E-state index >= 15 is 0 Å². The summed E-state index contributed by atoms with van der Waals surface area (Å²) >= 11 is 0. The van der Waals surface area contributed by atoms with Crippen LogP contribution in [0.4, 0.5) is 13.2 Å². The third-order valence-corrected chi connectivity index (χ3v) is 2.85. The number of nitriles is 1. The number of rotatable bonds is 1. The number of aromatic nitrogens is 4. The fraction of sp³-hybridized carbons (Fsp3) is 0.0769. The zero-order valence-electron chi connectivity index (χ0n) is 10.3. The smallest absolute Gasteiger partial charge is 0.189 e. The van der Waals surface area contributed by atoms with Crippen LogP contribution in [0.15, 0.2) is 36.4 Å². The van der Waals surface area contributed by atoms with Gasteiger partial charge in [-0.3, -0.25) is 0 Å². The topological polar surface area (TPSA) is 66.9 Å². The van der Waals surface area contributed by atoms with Crippen LogP contribution in [0.3, 0.4) is 0 Å². The average Bonchev–Trinajstić information content (AvgIpc) is 2.88. The summed E-state index contributed by atoms with van der Waals surface area (Å²) in [4.78, 5) is 0. The molecule has 21 heavy (non-hydrogen) atoms. The van der Waals surface area contributed by atoms with Gasteiger partial charge in [-0.15, -0.1) is 10.2 Å². The molecule has 0 bridgehead atoms. The number of hydrogen-bond acceptors (Lipinski definition) is 4. The normalized spacial score (nSPS) is 11.5. The van der Waals surface area contributed by atoms with E-state index in [0.29, 0.717) is 16.9 Å². The number of nitrogens with zero attached hydrogens (tertiary/aromatic N) is 5. The summed E-state index contributed by atoms with van der Waals surface area (Å²) in [5.74, 6) is -0.0289. The summed E-state index contributed by atoms with van der Waals surface area (Å²) in [6.07, 6.45) is -4.42. The fourth-order valence-corrected chi connectivity index (χ4v) is 1.87. The zero-order chi connectivity index (χ0) is 15.0. The highest BCUT2D eigenvalue weighted by molar-refractivity contribution is 5.61. The SMILES string of the molecule is N#Cc1nnc2ccc(-c3cccc(C(F)(F)F)c3)nn12. The highest BCUT2D eigenvalue weighted by Crippen LogP contribution is 2.31. The highest BCUT2D eigenvalue weighted by atomic mass is 19.4. The van der Waals surface area contributed by atoms with E-state index in [0.717, 1.165) is 12.1 Å². The van der Waals surface area contributed by atoms with Gasteiger partial charge in [-0.2, -0.15) is 28.0 Å². The second-order valence-electron chi connectivity index (χ2n) is 4.20. The maximum Gasteiger partial charge on any atom is 0.416 e. The Kier molecular flexibility index (Phi) is 2.83. The molecule has 0 aliphatic rings. The van der Waals surface area contributed by atoms with Gasteiger partial charge in [0.2, 0.25) is 0 Å². The molecule has 0 unspecified atom stereocenters. The first-order valence-corrected chi connectivity index (χ1v) is 5.79. The molecule has 0 amide bonds. The summed E-state index contributed by atoms with van der Waals surface area (Å²) in [5.41, 5.74) is 0.183. The van der Waals surface area contributed by atoms with E-state index in [1.807, 2.05) is 6.07 Å². The molecule has 0 radical (unpaired) electrons. The van der Waals surface area contributed by atoms with Gasteiger partial charge in [0.15, 0.2) is 5.65 Å². The van der Waals surface area contributed by atoms with Crippen molar-refractivity contribution in [2.75, 3.05) is 0 Å². The molecule has 3 rings (SSSR count). The van der Waals surface area contributed by atoms with Crippen LogP contribution in [0.25, 0.3) is 16.9 Å². The lowest BCUT2D eigenvalue weighted by Gasteiger charge is -2.08. The molecule has 2 aromatic heterocycles. The minimum absolute atomic E-state index is 0.0289. The van der Waals surface area contributed by atoms with E-state index in [-0.39, 0.29) is 5.82 Å². The van der Waals surface area contributed by atoms with E-state index in [1.165, 1.54) is 28.8 Å². The Morgan fingerprint density at radius 2 is 1.90 bits per heavy atom. The van der Waals surface area contributed by atoms with Crippen molar-refractivity contribution >= 4 is 5.65 Å². The molecular weight excluding hydrogens is 283 g/mol. The van der Waals surface area contributed by atoms with Gasteiger partial charge in [0.05, 0.1) is 11.3 Å². The summed E-state index contributed by atoms with van der Waals surface area (Å²) in [6, 6.07) is 9.69. The van der Waals surface area contributed by atoms with Crippen LogP contribution < -0.4 is 0 Å². The minimum atomic E-state index is -4.42. The van der Waals surface area contributed by atoms with Crippen LogP contribution in [0.2, 0.25) is 0 Å². The third-order valence-electron chi connectivity index (χ3n) is 2.85. The molecule has 2 heterocycles. The van der Waals surface area contributed by atoms with Gasteiger partial charge in [0.25, 0.3) is 5.82 Å². The fourth-order valence-electron chi connectivity index (χ4n) is 1.87. The van der Waals surface area contributed by atoms with Crippen molar-refractivity contribution in [3.63, 3.8) is 0 Å². The van der Waals surface area contributed by atoms with Crippen LogP contribution in [-0.2, 0) is 6.18 Å². The van der Waals surface area contributed by atoms with E-state index in [1.54, 1.807) is 0 Å². The molecule has 0 aliphatic carbocycles. The molecule has 1 aromatic carbocycles. The molecule has 0 atom stereocenters. The van der Waals surface area contributed by atoms with Crippen molar-refractivity contribution in [2.45, 2.75) is 6.18 Å². The Labute approximate surface area is 116 Å². The van der Waals surface area contributed by atoms with Gasteiger partial charge in [-0.25, -0.2) is 0 Å². The maximum absolute atomic E-state index is 12.7. The van der Waals surface area contributed by atoms with Crippen LogP contribution in [-0.4, -0.2) is 19.8 Å². The molecule has 0 spiro atoms. The van der Waals surface area contributed by atoms with Crippen LogP contribution in [0, 0.1) is 11.3 Å². The highest BCUT2D eigenvalue weighted by Gasteiger charge is 2.30. The lowest BCUT2D eigenvalue weighted by molar-refractivity contribution is -0.137. The quantitative estimate of drug-likeness (QED) is 0.690. The summed E-state index contributed by atoms with van der Waals surface area (Å²) in [5, 5.41) is 20.3. The Morgan fingerprint density at radius 1 is 1.10 bits per heavy atom. The van der Waals surface area contributed by atoms with Gasteiger partial charge in [0.1, 0.15) is 6.07 Å². The molecular formula is C13H6F3N5. The first kappa shape index (κ1) is 13.1. The van der Waals surface area contributed by atoms with E-state index < -0.39 is 11.7 Å². The molecule has 0 N–H and O–H groups in total. The molecule has 0 aliphatic heterocycles. The van der Waals surface area contributed by atoms with Gasteiger partial charge < -0.3 is 0 Å². The monoisotopic (exact) mass is 289 g/mol. The van der Waals surface area contributed by atoms with Gasteiger partial charge in [-0.1, -0.05) is 12.1 Å². The molecule has 5 nitrogen and oxygen atoms in total. The Hall–Kier alpha value is -2.95. The lowest BCUT2D eigenvalue weighted by atomic mass is 10.1. The summed E-state index contributed by atoms with van der Waals surface area (Å²) in [6.45, 7) is 0. The second-order valence-corrected chi connectivity index (χ2v) is 4.20. The predicted octanol–water partition coefficient (Wildman–Crippen LogP) is 2.68. The van der Waals surface area contributed by atoms with Gasteiger partial charge in [-0.05, 0) is 24.3 Å². The average molecular weight is 289 g/mol. The van der Waals surface area contributed by atoms with Crippen molar-refractivity contribution < 1.29 is 13.2 Å². The van der Waals surface area contributed by atoms with Crippen molar-refractivity contribution in [2.24, 2.45) is 0 Å². The largest absolute Gasteiger partial charge is 0.416 e. The van der Waals surface area contributed by atoms with Crippen molar-refractivity contribution in [3.8, 4) is 17.3 Å². The van der Waals surface area contributed by atoms with Crippen molar-refractivity contribution in [1.82, 2.24) is 19.8 Å². The standard InChI is InChI=1S/C13H6F3N5/c14-13(15,16)9-3-1-2-8(6-9)10-4-5-11-18-19-12(7-17)21(11)20-10/h1-6H.